The second kappa shape index (κ2) is 4.27. The molecule has 0 aliphatic heterocycles. The maximum absolute atomic E-state index is 10.1. The number of thiazole rings is 1. The van der Waals surface area contributed by atoms with Crippen molar-refractivity contribution in [2.24, 2.45) is 0 Å². The predicted octanol–water partition coefficient (Wildman–Crippen LogP) is 1.87. The zero-order valence-electron chi connectivity index (χ0n) is 9.01. The highest BCUT2D eigenvalue weighted by molar-refractivity contribution is 7.19. The summed E-state index contributed by atoms with van der Waals surface area (Å²) in [6.07, 6.45) is 0. The van der Waals surface area contributed by atoms with Gasteiger partial charge in [-0.05, 0) is 6.92 Å². The molecule has 0 saturated carbocycles. The van der Waals surface area contributed by atoms with Crippen LogP contribution in [0.5, 0.6) is 0 Å². The third-order valence-electron chi connectivity index (χ3n) is 2.39. The number of hydrogen-bond acceptors (Lipinski definition) is 5. The summed E-state index contributed by atoms with van der Waals surface area (Å²) in [7, 11) is 0. The SMILES string of the molecule is Cc1ccc(C(O)(O)c2nc(N)sc2Cl)cc1. The second-order valence-corrected chi connectivity index (χ2v) is 5.35. The first kappa shape index (κ1) is 12.3. The molecule has 1 heterocycles. The largest absolute Gasteiger partial charge is 0.375 e. The van der Waals surface area contributed by atoms with E-state index >= 15 is 0 Å². The Morgan fingerprint density at radius 2 is 1.88 bits per heavy atom. The molecule has 0 fully saturated rings. The van der Waals surface area contributed by atoms with Crippen LogP contribution in [0.2, 0.25) is 4.34 Å². The number of aromatic nitrogens is 1. The molecule has 4 N–H and O–H groups in total. The van der Waals surface area contributed by atoms with E-state index in [0.717, 1.165) is 16.9 Å². The molecular weight excluding hydrogens is 260 g/mol. The van der Waals surface area contributed by atoms with Crippen molar-refractivity contribution in [2.45, 2.75) is 12.7 Å². The highest BCUT2D eigenvalue weighted by atomic mass is 35.5. The highest BCUT2D eigenvalue weighted by Gasteiger charge is 2.34. The van der Waals surface area contributed by atoms with Crippen LogP contribution in [0.25, 0.3) is 0 Å². The minimum atomic E-state index is -2.22. The maximum Gasteiger partial charge on any atom is 0.237 e. The Bertz CT molecular complexity index is 537. The summed E-state index contributed by atoms with van der Waals surface area (Å²) in [5.74, 6) is -2.22. The summed E-state index contributed by atoms with van der Waals surface area (Å²) in [5.41, 5.74) is 6.77. The molecule has 6 heteroatoms. The molecule has 0 radical (unpaired) electrons. The van der Waals surface area contributed by atoms with Gasteiger partial charge < -0.3 is 15.9 Å². The van der Waals surface area contributed by atoms with Crippen LogP contribution in [0.4, 0.5) is 5.13 Å². The van der Waals surface area contributed by atoms with E-state index in [1.165, 1.54) is 0 Å². The molecule has 0 aliphatic rings. The number of nitrogens with zero attached hydrogens (tertiary/aromatic N) is 1. The van der Waals surface area contributed by atoms with Crippen LogP contribution in [0, 0.1) is 6.92 Å². The van der Waals surface area contributed by atoms with Gasteiger partial charge in [0.2, 0.25) is 5.79 Å². The summed E-state index contributed by atoms with van der Waals surface area (Å²) in [6.45, 7) is 1.91. The first-order valence-corrected chi connectivity index (χ1v) is 6.05. The van der Waals surface area contributed by atoms with Crippen molar-refractivity contribution in [3.8, 4) is 0 Å². The highest BCUT2D eigenvalue weighted by Crippen LogP contribution is 2.36. The molecule has 90 valence electrons. The van der Waals surface area contributed by atoms with E-state index in [2.05, 4.69) is 4.98 Å². The van der Waals surface area contributed by atoms with Gasteiger partial charge in [0.05, 0.1) is 0 Å². The van der Waals surface area contributed by atoms with Gasteiger partial charge in [-0.25, -0.2) is 4.98 Å². The van der Waals surface area contributed by atoms with Crippen molar-refractivity contribution in [1.82, 2.24) is 4.98 Å². The Hall–Kier alpha value is -1.14. The molecule has 0 amide bonds. The smallest absolute Gasteiger partial charge is 0.237 e. The van der Waals surface area contributed by atoms with Crippen LogP contribution < -0.4 is 5.73 Å². The second-order valence-electron chi connectivity index (χ2n) is 3.71. The molecule has 0 spiro atoms. The van der Waals surface area contributed by atoms with Gasteiger partial charge in [0.15, 0.2) is 5.13 Å². The Kier molecular flexibility index (Phi) is 3.09. The summed E-state index contributed by atoms with van der Waals surface area (Å²) in [6, 6.07) is 6.78. The number of aryl methyl sites for hydroxylation is 1. The fourth-order valence-corrected chi connectivity index (χ4v) is 2.47. The normalized spacial score (nSPS) is 11.8. The third kappa shape index (κ3) is 2.28. The third-order valence-corrected chi connectivity index (χ3v) is 3.47. The number of halogens is 1. The van der Waals surface area contributed by atoms with Gasteiger partial charge in [0, 0.05) is 5.56 Å². The van der Waals surface area contributed by atoms with E-state index in [1.54, 1.807) is 24.3 Å². The standard InChI is InChI=1S/C11H11ClN2O2S/c1-6-2-4-7(5-3-6)11(15,16)8-9(12)17-10(13)14-8/h2-5,15-16H,1H3,(H2,13,14). The van der Waals surface area contributed by atoms with E-state index in [-0.39, 0.29) is 15.2 Å². The molecule has 1 aromatic heterocycles. The van der Waals surface area contributed by atoms with E-state index in [0.29, 0.717) is 5.56 Å². The molecule has 17 heavy (non-hydrogen) atoms. The lowest BCUT2D eigenvalue weighted by Crippen LogP contribution is -2.27. The topological polar surface area (TPSA) is 79.4 Å². The maximum atomic E-state index is 10.1. The average Bonchev–Trinajstić information content (AvgIpc) is 2.59. The Labute approximate surface area is 107 Å². The molecule has 1 aromatic carbocycles. The fourth-order valence-electron chi connectivity index (χ4n) is 1.45. The average molecular weight is 271 g/mol. The van der Waals surface area contributed by atoms with Crippen molar-refractivity contribution >= 4 is 28.1 Å². The molecule has 0 aliphatic carbocycles. The molecule has 0 bridgehead atoms. The monoisotopic (exact) mass is 270 g/mol. The van der Waals surface area contributed by atoms with Crippen molar-refractivity contribution in [3.05, 3.63) is 45.4 Å². The molecule has 0 saturated heterocycles. The lowest BCUT2D eigenvalue weighted by molar-refractivity contribution is -0.134. The zero-order chi connectivity index (χ0) is 12.6. The molecule has 2 rings (SSSR count). The summed E-state index contributed by atoms with van der Waals surface area (Å²) < 4.78 is 0.174. The van der Waals surface area contributed by atoms with Crippen molar-refractivity contribution < 1.29 is 10.2 Å². The fraction of sp³-hybridized carbons (Fsp3) is 0.182. The summed E-state index contributed by atoms with van der Waals surface area (Å²) >= 11 is 6.87. The van der Waals surface area contributed by atoms with Gasteiger partial charge in [-0.2, -0.15) is 0 Å². The number of rotatable bonds is 2. The van der Waals surface area contributed by atoms with Crippen LogP contribution in [0.1, 0.15) is 16.8 Å². The predicted molar refractivity (Wildman–Crippen MR) is 67.9 cm³/mol. The van der Waals surface area contributed by atoms with E-state index < -0.39 is 5.79 Å². The first-order valence-electron chi connectivity index (χ1n) is 4.85. The number of benzene rings is 1. The number of hydrogen-bond donors (Lipinski definition) is 3. The molecule has 0 unspecified atom stereocenters. The lowest BCUT2D eigenvalue weighted by atomic mass is 10.0. The Morgan fingerprint density at radius 3 is 2.35 bits per heavy atom. The number of nitrogens with two attached hydrogens (primary N) is 1. The van der Waals surface area contributed by atoms with Gasteiger partial charge in [0.25, 0.3) is 0 Å². The summed E-state index contributed by atoms with van der Waals surface area (Å²) in [5, 5.41) is 20.4. The summed E-state index contributed by atoms with van der Waals surface area (Å²) in [4.78, 5) is 3.85. The quantitative estimate of drug-likeness (QED) is 0.728. The molecular formula is C11H11ClN2O2S. The van der Waals surface area contributed by atoms with Gasteiger partial charge in [-0.3, -0.25) is 0 Å². The minimum absolute atomic E-state index is 0.0366. The van der Waals surface area contributed by atoms with Crippen LogP contribution in [-0.2, 0) is 5.79 Å². The van der Waals surface area contributed by atoms with Crippen LogP contribution in [0.15, 0.2) is 24.3 Å². The lowest BCUT2D eigenvalue weighted by Gasteiger charge is -2.20. The van der Waals surface area contributed by atoms with Crippen LogP contribution >= 0.6 is 22.9 Å². The minimum Gasteiger partial charge on any atom is -0.375 e. The number of nitrogen functional groups attached to an aromatic ring is 1. The number of anilines is 1. The van der Waals surface area contributed by atoms with E-state index in [1.807, 2.05) is 6.92 Å². The van der Waals surface area contributed by atoms with Crippen LogP contribution in [-0.4, -0.2) is 15.2 Å². The Balaban J connectivity index is 2.49. The molecule has 0 atom stereocenters. The zero-order valence-corrected chi connectivity index (χ0v) is 10.6. The van der Waals surface area contributed by atoms with Crippen molar-refractivity contribution in [3.63, 3.8) is 0 Å². The van der Waals surface area contributed by atoms with Crippen molar-refractivity contribution in [2.75, 3.05) is 5.73 Å². The van der Waals surface area contributed by atoms with E-state index in [9.17, 15) is 10.2 Å². The van der Waals surface area contributed by atoms with Gasteiger partial charge in [-0.15, -0.1) is 0 Å². The molecule has 2 aromatic rings. The number of aliphatic hydroxyl groups is 2. The Morgan fingerprint density at radius 1 is 1.29 bits per heavy atom. The van der Waals surface area contributed by atoms with E-state index in [4.69, 9.17) is 17.3 Å². The van der Waals surface area contributed by atoms with Gasteiger partial charge in [0.1, 0.15) is 10.0 Å². The first-order chi connectivity index (χ1) is 7.91. The molecule has 4 nitrogen and oxygen atoms in total. The van der Waals surface area contributed by atoms with Gasteiger partial charge in [-0.1, -0.05) is 52.8 Å². The van der Waals surface area contributed by atoms with Crippen LogP contribution in [0.3, 0.4) is 0 Å². The van der Waals surface area contributed by atoms with Crippen molar-refractivity contribution in [1.29, 1.82) is 0 Å². The van der Waals surface area contributed by atoms with Gasteiger partial charge >= 0.3 is 0 Å².